The topological polar surface area (TPSA) is 38.9 Å². The zero-order chi connectivity index (χ0) is 50.6. The monoisotopic (exact) mass is 882 g/mol. The Morgan fingerprint density at radius 2 is 0.754 bits per heavy atom. The fourth-order valence-electron chi connectivity index (χ4n) is 10.5. The van der Waals surface area contributed by atoms with Crippen molar-refractivity contribution < 1.29 is 12.6 Å². The average molecular weight is 883 g/mol. The van der Waals surface area contributed by atoms with E-state index in [1.807, 2.05) is 66.7 Å². The first-order valence-corrected chi connectivity index (χ1v) is 23.1. The van der Waals surface area contributed by atoms with E-state index in [2.05, 4.69) is 132 Å². The van der Waals surface area contributed by atoms with E-state index in [1.165, 1.54) is 0 Å². The van der Waals surface area contributed by atoms with Gasteiger partial charge in [-0.25, -0.2) is 4.98 Å². The molecular formula is C66H40N2O. The normalized spacial score (nSPS) is 13.0. The van der Waals surface area contributed by atoms with Gasteiger partial charge in [-0.1, -0.05) is 224 Å². The van der Waals surface area contributed by atoms with Gasteiger partial charge < -0.3 is 4.42 Å². The first-order chi connectivity index (χ1) is 36.7. The molecule has 14 aromatic rings. The molecule has 0 amide bonds. The number of hydrogen-bond donors (Lipinski definition) is 0. The summed E-state index contributed by atoms with van der Waals surface area (Å²) in [6, 6.07) is 65.6. The zero-order valence-corrected chi connectivity index (χ0v) is 36.9. The summed E-state index contributed by atoms with van der Waals surface area (Å²) in [6.07, 6.45) is 1.70. The van der Waals surface area contributed by atoms with Gasteiger partial charge in [0.2, 0.25) is 0 Å². The number of pyridine rings is 2. The van der Waals surface area contributed by atoms with Gasteiger partial charge in [0.15, 0.2) is 0 Å². The van der Waals surface area contributed by atoms with Crippen molar-refractivity contribution in [1.82, 2.24) is 9.97 Å². The predicted molar refractivity (Wildman–Crippen MR) is 289 cm³/mol. The van der Waals surface area contributed by atoms with Crippen molar-refractivity contribution in [3.8, 4) is 67.3 Å². The molecule has 0 atom stereocenters. The zero-order valence-electron chi connectivity index (χ0n) is 42.9. The fourth-order valence-corrected chi connectivity index (χ4v) is 10.5. The van der Waals surface area contributed by atoms with E-state index < -0.39 is 12.1 Å². The van der Waals surface area contributed by atoms with Crippen molar-refractivity contribution in [2.75, 3.05) is 0 Å². The van der Waals surface area contributed by atoms with E-state index in [0.717, 1.165) is 87.2 Å². The van der Waals surface area contributed by atoms with Gasteiger partial charge in [0, 0.05) is 44.8 Å². The summed E-state index contributed by atoms with van der Waals surface area (Å²) >= 11 is 0. The summed E-state index contributed by atoms with van der Waals surface area (Å²) in [7, 11) is 0. The third-order valence-corrected chi connectivity index (χ3v) is 13.7. The maximum Gasteiger partial charge on any atom is 0.143 e. The first-order valence-electron chi connectivity index (χ1n) is 26.1. The number of fused-ring (bicyclic) bond motifs is 8. The van der Waals surface area contributed by atoms with Crippen LogP contribution in [-0.4, -0.2) is 9.97 Å². The molecule has 0 aliphatic carbocycles. The molecule has 0 saturated heterocycles. The molecular weight excluding hydrogens is 837 g/mol. The van der Waals surface area contributed by atoms with Crippen molar-refractivity contribution in [1.29, 1.82) is 0 Å². The highest BCUT2D eigenvalue weighted by Crippen LogP contribution is 2.54. The molecule has 0 aliphatic rings. The molecule has 0 radical (unpaired) electrons. The molecule has 0 N–H and O–H groups in total. The van der Waals surface area contributed by atoms with E-state index in [0.29, 0.717) is 33.8 Å². The first kappa shape index (κ1) is 33.3. The highest BCUT2D eigenvalue weighted by Gasteiger charge is 2.29. The van der Waals surface area contributed by atoms with Crippen LogP contribution in [0.4, 0.5) is 0 Å². The number of nitrogens with zero attached hydrogens (tertiary/aromatic N) is 2. The SMILES string of the molecule is [2H]c1c([2H])c([2H])c2c(-c3ccc(-c4c(-c5cccc6ccccc56)oc(-c5cccc6ccccc56)c4-c4cccc5ccccc45)c4ccccc34)c([2H])c([2H])c(-c3ccc4ccc5cccnc5c4n3)c2c1[2H]. The summed E-state index contributed by atoms with van der Waals surface area (Å²) in [4.78, 5) is 9.71. The molecule has 11 aromatic carbocycles. The molecule has 3 nitrogen and oxygen atoms in total. The molecule has 0 aliphatic heterocycles. The lowest BCUT2D eigenvalue weighted by atomic mass is 9.84. The third kappa shape index (κ3) is 6.21. The Morgan fingerprint density at radius 3 is 1.39 bits per heavy atom. The second kappa shape index (κ2) is 15.7. The molecule has 320 valence electrons. The number of rotatable bonds is 6. The molecule has 0 bridgehead atoms. The average Bonchev–Trinajstić information content (AvgIpc) is 3.86. The molecule has 0 fully saturated rings. The largest absolute Gasteiger partial charge is 0.455 e. The van der Waals surface area contributed by atoms with Gasteiger partial charge in [-0.2, -0.15) is 0 Å². The Morgan fingerprint density at radius 1 is 0.304 bits per heavy atom. The lowest BCUT2D eigenvalue weighted by Gasteiger charge is -2.17. The summed E-state index contributed by atoms with van der Waals surface area (Å²) in [5.74, 6) is 1.39. The summed E-state index contributed by atoms with van der Waals surface area (Å²) in [5.41, 5.74) is 7.98. The molecule has 14 rings (SSSR count). The Bertz CT molecular complexity index is 4740. The van der Waals surface area contributed by atoms with E-state index in [-0.39, 0.29) is 46.1 Å². The lowest BCUT2D eigenvalue weighted by Crippen LogP contribution is -1.93. The molecule has 0 spiro atoms. The van der Waals surface area contributed by atoms with Crippen LogP contribution in [0.1, 0.15) is 8.22 Å². The third-order valence-electron chi connectivity index (χ3n) is 13.7. The van der Waals surface area contributed by atoms with Gasteiger partial charge in [0.1, 0.15) is 11.5 Å². The number of furan rings is 1. The van der Waals surface area contributed by atoms with Crippen molar-refractivity contribution >= 4 is 75.7 Å². The fraction of sp³-hybridized carbons (Fsp3) is 0. The van der Waals surface area contributed by atoms with Gasteiger partial charge in [0.25, 0.3) is 0 Å². The van der Waals surface area contributed by atoms with E-state index >= 15 is 0 Å². The molecule has 69 heavy (non-hydrogen) atoms. The molecule has 3 heteroatoms. The summed E-state index contributed by atoms with van der Waals surface area (Å²) in [5, 5.41) is 9.87. The predicted octanol–water partition coefficient (Wildman–Crippen LogP) is 18.1. The van der Waals surface area contributed by atoms with Crippen LogP contribution < -0.4 is 0 Å². The van der Waals surface area contributed by atoms with Gasteiger partial charge >= 0.3 is 0 Å². The molecule has 0 saturated carbocycles. The van der Waals surface area contributed by atoms with E-state index in [1.54, 1.807) is 12.3 Å². The second-order valence-electron chi connectivity index (χ2n) is 17.5. The van der Waals surface area contributed by atoms with Crippen LogP contribution in [0.5, 0.6) is 0 Å². The Labute approximate surface area is 406 Å². The maximum absolute atomic E-state index is 10.00. The maximum atomic E-state index is 10.00. The van der Waals surface area contributed by atoms with Crippen LogP contribution in [0.25, 0.3) is 143 Å². The van der Waals surface area contributed by atoms with Crippen LogP contribution in [0.15, 0.2) is 247 Å². The summed E-state index contributed by atoms with van der Waals surface area (Å²) < 4.78 is 64.6. The smallest absolute Gasteiger partial charge is 0.143 e. The number of hydrogen-bond acceptors (Lipinski definition) is 3. The Hall–Kier alpha value is -9.18. The highest BCUT2D eigenvalue weighted by molar-refractivity contribution is 6.18. The van der Waals surface area contributed by atoms with Crippen LogP contribution in [0.3, 0.4) is 0 Å². The number of benzene rings is 11. The summed E-state index contributed by atoms with van der Waals surface area (Å²) in [6.45, 7) is 0. The van der Waals surface area contributed by atoms with E-state index in [9.17, 15) is 5.48 Å². The quantitative estimate of drug-likeness (QED) is 0.156. The Kier molecular flexibility index (Phi) is 7.59. The molecule has 3 aromatic heterocycles. The highest BCUT2D eigenvalue weighted by atomic mass is 16.3. The van der Waals surface area contributed by atoms with Crippen LogP contribution >= 0.6 is 0 Å². The van der Waals surface area contributed by atoms with Crippen molar-refractivity contribution in [3.05, 3.63) is 243 Å². The van der Waals surface area contributed by atoms with Crippen molar-refractivity contribution in [2.24, 2.45) is 0 Å². The minimum atomic E-state index is -0.436. The standard InChI is InChI=1S/C66H40N2O/c1-4-22-46-41(15-1)18-11-29-56(46)61-62(66(59-31-13-20-43-17-3-6-24-48(43)59)69-65(61)58-30-12-19-42-16-2-5-23-47(42)58)57-38-36-54(50-26-8-10-28-52(50)57)53-35-37-55(51-27-9-7-25-49(51)53)60-39-34-45-33-32-44-21-14-40-67-63(44)64(45)68-60/h1-40H/i7D,9D,25D,27D,35D,37D. The van der Waals surface area contributed by atoms with Gasteiger partial charge in [-0.15, -0.1) is 0 Å². The van der Waals surface area contributed by atoms with E-state index in [4.69, 9.17) is 12.1 Å². The minimum Gasteiger partial charge on any atom is -0.455 e. The van der Waals surface area contributed by atoms with Crippen LogP contribution in [0, 0.1) is 0 Å². The second-order valence-corrected chi connectivity index (χ2v) is 17.5. The Balaban J connectivity index is 1.10. The van der Waals surface area contributed by atoms with Gasteiger partial charge in [-0.05, 0) is 88.2 Å². The minimum absolute atomic E-state index is 0.122. The number of aromatic nitrogens is 2. The van der Waals surface area contributed by atoms with Crippen molar-refractivity contribution in [3.63, 3.8) is 0 Å². The molecule has 3 heterocycles. The lowest BCUT2D eigenvalue weighted by molar-refractivity contribution is 0.600. The van der Waals surface area contributed by atoms with Gasteiger partial charge in [-0.3, -0.25) is 4.98 Å². The van der Waals surface area contributed by atoms with Crippen LogP contribution in [0.2, 0.25) is 0 Å². The van der Waals surface area contributed by atoms with Gasteiger partial charge in [0.05, 0.1) is 25.0 Å². The van der Waals surface area contributed by atoms with Crippen LogP contribution in [-0.2, 0) is 0 Å². The molecule has 0 unspecified atom stereocenters. The van der Waals surface area contributed by atoms with Crippen molar-refractivity contribution in [2.45, 2.75) is 0 Å².